The van der Waals surface area contributed by atoms with E-state index in [9.17, 15) is 4.79 Å². The van der Waals surface area contributed by atoms with E-state index in [2.05, 4.69) is 15.5 Å². The molecule has 21 heavy (non-hydrogen) atoms. The Morgan fingerprint density at radius 1 is 1.29 bits per heavy atom. The van der Waals surface area contributed by atoms with Crippen LogP contribution >= 0.6 is 0 Å². The highest BCUT2D eigenvalue weighted by molar-refractivity contribution is 5.84. The number of nitrogens with one attached hydrogen (secondary N) is 2. The zero-order valence-corrected chi connectivity index (χ0v) is 11.9. The highest BCUT2D eigenvalue weighted by atomic mass is 19.1. The van der Waals surface area contributed by atoms with Crippen molar-refractivity contribution in [2.45, 2.75) is 37.4 Å². The largest absolute Gasteiger partial charge is 0.317 e. The van der Waals surface area contributed by atoms with Crippen LogP contribution in [0.2, 0.25) is 0 Å². The van der Waals surface area contributed by atoms with Crippen LogP contribution in [0.3, 0.4) is 0 Å². The van der Waals surface area contributed by atoms with Gasteiger partial charge >= 0.3 is 0 Å². The third-order valence-electron chi connectivity index (χ3n) is 5.20. The van der Waals surface area contributed by atoms with Gasteiger partial charge in [0.25, 0.3) is 5.56 Å². The van der Waals surface area contributed by atoms with Crippen molar-refractivity contribution in [2.75, 3.05) is 7.05 Å². The summed E-state index contributed by atoms with van der Waals surface area (Å²) >= 11 is 0. The second-order valence-corrected chi connectivity index (χ2v) is 6.66. The minimum Gasteiger partial charge on any atom is -0.317 e. The number of benzene rings is 1. The highest BCUT2D eigenvalue weighted by Crippen LogP contribution is 2.65. The Kier molecular flexibility index (Phi) is 2.55. The van der Waals surface area contributed by atoms with Crippen molar-refractivity contribution in [1.82, 2.24) is 15.5 Å². The van der Waals surface area contributed by atoms with Gasteiger partial charge in [0, 0.05) is 11.4 Å². The van der Waals surface area contributed by atoms with Gasteiger partial charge in [-0.3, -0.25) is 4.79 Å². The van der Waals surface area contributed by atoms with Crippen LogP contribution in [0, 0.1) is 5.41 Å². The van der Waals surface area contributed by atoms with Crippen LogP contribution in [0.1, 0.15) is 31.4 Å². The van der Waals surface area contributed by atoms with Gasteiger partial charge in [0.05, 0.1) is 5.39 Å². The average molecular weight is 287 g/mol. The van der Waals surface area contributed by atoms with Crippen molar-refractivity contribution in [3.8, 4) is 0 Å². The summed E-state index contributed by atoms with van der Waals surface area (Å²) in [5, 5.41) is 10.9. The van der Waals surface area contributed by atoms with Gasteiger partial charge in [0.2, 0.25) is 0 Å². The number of nitrogens with zero attached hydrogens (tertiary/aromatic N) is 1. The molecule has 0 radical (unpaired) electrons. The zero-order chi connectivity index (χ0) is 14.7. The van der Waals surface area contributed by atoms with E-state index < -0.39 is 5.67 Å². The quantitative estimate of drug-likeness (QED) is 0.890. The maximum Gasteiger partial charge on any atom is 0.272 e. The van der Waals surface area contributed by atoms with Crippen LogP contribution in [-0.4, -0.2) is 23.3 Å². The molecule has 0 amide bonds. The van der Waals surface area contributed by atoms with Crippen molar-refractivity contribution in [3.05, 3.63) is 40.3 Å². The maximum atomic E-state index is 15.2. The molecule has 0 bridgehead atoms. The number of hydrogen-bond acceptors (Lipinski definition) is 3. The van der Waals surface area contributed by atoms with Gasteiger partial charge in [-0.1, -0.05) is 18.2 Å². The van der Waals surface area contributed by atoms with Crippen LogP contribution in [0.25, 0.3) is 10.8 Å². The van der Waals surface area contributed by atoms with Crippen LogP contribution < -0.4 is 10.9 Å². The molecule has 0 atom stereocenters. The highest BCUT2D eigenvalue weighted by Gasteiger charge is 2.62. The minimum absolute atomic E-state index is 0.140. The normalized spacial score (nSPS) is 34.7. The van der Waals surface area contributed by atoms with E-state index in [0.717, 1.165) is 12.8 Å². The third-order valence-corrected chi connectivity index (χ3v) is 5.20. The Morgan fingerprint density at radius 2 is 1.95 bits per heavy atom. The number of alkyl halides is 1. The zero-order valence-electron chi connectivity index (χ0n) is 11.9. The van der Waals surface area contributed by atoms with Crippen molar-refractivity contribution in [3.63, 3.8) is 0 Å². The van der Waals surface area contributed by atoms with E-state index in [-0.39, 0.29) is 11.0 Å². The summed E-state index contributed by atoms with van der Waals surface area (Å²) in [4.78, 5) is 11.8. The molecule has 1 spiro atoms. The fraction of sp³-hybridized carbons (Fsp3) is 0.500. The molecule has 2 aliphatic rings. The average Bonchev–Trinajstić information content (AvgIpc) is 2.42. The number of aromatic nitrogens is 2. The van der Waals surface area contributed by atoms with Crippen molar-refractivity contribution >= 4 is 10.8 Å². The molecule has 0 saturated heterocycles. The molecule has 1 aromatic heterocycles. The van der Waals surface area contributed by atoms with E-state index >= 15 is 4.39 Å². The van der Waals surface area contributed by atoms with Crippen LogP contribution in [0.4, 0.5) is 4.39 Å². The Morgan fingerprint density at radius 3 is 2.62 bits per heavy atom. The second-order valence-electron chi connectivity index (χ2n) is 6.66. The van der Waals surface area contributed by atoms with E-state index in [1.54, 1.807) is 18.2 Å². The number of H-pyrrole nitrogens is 1. The molecule has 5 heteroatoms. The number of rotatable bonds is 2. The summed E-state index contributed by atoms with van der Waals surface area (Å²) < 4.78 is 15.2. The first-order chi connectivity index (χ1) is 10.1. The molecule has 110 valence electrons. The molecule has 1 aromatic carbocycles. The molecule has 4 nitrogen and oxygen atoms in total. The van der Waals surface area contributed by atoms with Gasteiger partial charge in [0.15, 0.2) is 5.67 Å². The summed E-state index contributed by atoms with van der Waals surface area (Å²) in [5.74, 6) is 0. The monoisotopic (exact) mass is 287 g/mol. The third kappa shape index (κ3) is 1.77. The maximum absolute atomic E-state index is 15.2. The molecule has 0 unspecified atom stereocenters. The lowest BCUT2D eigenvalue weighted by Crippen LogP contribution is -2.59. The van der Waals surface area contributed by atoms with Gasteiger partial charge in [-0.15, -0.1) is 0 Å². The molecule has 2 aliphatic carbocycles. The van der Waals surface area contributed by atoms with E-state index in [4.69, 9.17) is 0 Å². The first-order valence-corrected chi connectivity index (χ1v) is 7.39. The molecule has 1 heterocycles. The molecule has 4 rings (SSSR count). The lowest BCUT2D eigenvalue weighted by molar-refractivity contribution is -0.133. The first kappa shape index (κ1) is 13.0. The molecular formula is C16H18FN3O. The van der Waals surface area contributed by atoms with Crippen molar-refractivity contribution in [1.29, 1.82) is 0 Å². The molecule has 2 N–H and O–H groups in total. The van der Waals surface area contributed by atoms with E-state index in [1.165, 1.54) is 0 Å². The molecular weight excluding hydrogens is 269 g/mol. The summed E-state index contributed by atoms with van der Waals surface area (Å²) in [6, 6.07) is 7.65. The van der Waals surface area contributed by atoms with Gasteiger partial charge < -0.3 is 5.32 Å². The SMILES string of the molecule is CNC1CC2(C1)CC(F)(c1n[nH]c(=O)c3ccccc13)C2. The Balaban J connectivity index is 1.69. The second kappa shape index (κ2) is 4.13. The van der Waals surface area contributed by atoms with Gasteiger partial charge in [0.1, 0.15) is 5.69 Å². The number of halogens is 1. The molecule has 2 fully saturated rings. The number of aromatic amines is 1. The summed E-state index contributed by atoms with van der Waals surface area (Å²) in [7, 11) is 1.95. The standard InChI is InChI=1S/C16H18FN3O/c1-18-10-6-15(7-10)8-16(17,9-15)13-11-4-2-3-5-12(11)14(21)20-19-13/h2-5,10,18H,6-9H2,1H3,(H,20,21). The predicted octanol–water partition coefficient (Wildman–Crippen LogP) is 2.25. The lowest BCUT2D eigenvalue weighted by Gasteiger charge is -2.60. The fourth-order valence-electron chi connectivity index (χ4n) is 4.24. The van der Waals surface area contributed by atoms with Crippen LogP contribution in [0.5, 0.6) is 0 Å². The molecule has 2 aromatic rings. The first-order valence-electron chi connectivity index (χ1n) is 7.39. The Hall–Kier alpha value is -1.75. The molecule has 0 aliphatic heterocycles. The van der Waals surface area contributed by atoms with Crippen molar-refractivity contribution < 1.29 is 4.39 Å². The lowest BCUT2D eigenvalue weighted by atomic mass is 9.48. The number of fused-ring (bicyclic) bond motifs is 1. The summed E-state index contributed by atoms with van der Waals surface area (Å²) in [6.45, 7) is 0. The Bertz CT molecular complexity index is 755. The van der Waals surface area contributed by atoms with Crippen LogP contribution in [-0.2, 0) is 5.67 Å². The van der Waals surface area contributed by atoms with Gasteiger partial charge in [-0.05, 0) is 44.2 Å². The van der Waals surface area contributed by atoms with E-state index in [0.29, 0.717) is 35.3 Å². The summed E-state index contributed by atoms with van der Waals surface area (Å²) in [6.07, 6.45) is 3.11. The van der Waals surface area contributed by atoms with Crippen molar-refractivity contribution in [2.24, 2.45) is 5.41 Å². The van der Waals surface area contributed by atoms with Gasteiger partial charge in [-0.2, -0.15) is 5.10 Å². The topological polar surface area (TPSA) is 57.8 Å². The fourth-order valence-corrected chi connectivity index (χ4v) is 4.24. The predicted molar refractivity (Wildman–Crippen MR) is 78.9 cm³/mol. The van der Waals surface area contributed by atoms with E-state index in [1.807, 2.05) is 13.1 Å². The summed E-state index contributed by atoms with van der Waals surface area (Å²) in [5.41, 5.74) is -1.12. The Labute approximate surface area is 121 Å². The molecule has 2 saturated carbocycles. The minimum atomic E-state index is -1.40. The number of hydrogen-bond donors (Lipinski definition) is 2. The van der Waals surface area contributed by atoms with Crippen LogP contribution in [0.15, 0.2) is 29.1 Å². The smallest absolute Gasteiger partial charge is 0.272 e. The van der Waals surface area contributed by atoms with Gasteiger partial charge in [-0.25, -0.2) is 9.49 Å².